The summed E-state index contributed by atoms with van der Waals surface area (Å²) in [6, 6.07) is 7.58. The maximum Gasteiger partial charge on any atom is 0.156 e. The second-order valence-electron chi connectivity index (χ2n) is 6.01. The van der Waals surface area contributed by atoms with Crippen LogP contribution in [0, 0.1) is 0 Å². The Morgan fingerprint density at radius 3 is 2.35 bits per heavy atom. The van der Waals surface area contributed by atoms with Gasteiger partial charge in [0, 0.05) is 24.5 Å². The van der Waals surface area contributed by atoms with E-state index in [0.717, 1.165) is 18.7 Å². The lowest BCUT2D eigenvalue weighted by atomic mass is 10.2. The minimum absolute atomic E-state index is 0.158. The third-order valence-corrected chi connectivity index (χ3v) is 5.88. The van der Waals surface area contributed by atoms with Crippen LogP contribution in [0.2, 0.25) is 0 Å². The summed E-state index contributed by atoms with van der Waals surface area (Å²) in [5.74, 6) is 0.158. The highest BCUT2D eigenvalue weighted by Gasteiger charge is 2.29. The van der Waals surface area contributed by atoms with E-state index in [2.05, 4.69) is 11.8 Å². The van der Waals surface area contributed by atoms with Crippen LogP contribution in [0.5, 0.6) is 0 Å². The maximum absolute atomic E-state index is 12.2. The molecule has 0 aliphatic rings. The van der Waals surface area contributed by atoms with E-state index in [-0.39, 0.29) is 5.75 Å². The fourth-order valence-electron chi connectivity index (χ4n) is 1.90. The maximum atomic E-state index is 12.2. The minimum atomic E-state index is -3.10. The zero-order valence-electron chi connectivity index (χ0n) is 12.9. The van der Waals surface area contributed by atoms with Crippen LogP contribution in [-0.4, -0.2) is 32.0 Å². The van der Waals surface area contributed by atoms with Crippen LogP contribution in [0.3, 0.4) is 0 Å². The Labute approximate surface area is 122 Å². The Morgan fingerprint density at radius 1 is 1.20 bits per heavy atom. The van der Waals surface area contributed by atoms with Crippen molar-refractivity contribution in [1.29, 1.82) is 0 Å². The Morgan fingerprint density at radius 2 is 1.85 bits per heavy atom. The number of hydrogen-bond donors (Lipinski definition) is 1. The van der Waals surface area contributed by atoms with Crippen molar-refractivity contribution in [3.8, 4) is 0 Å². The van der Waals surface area contributed by atoms with Crippen LogP contribution in [-0.2, 0) is 9.84 Å². The molecule has 4 nitrogen and oxygen atoms in total. The molecule has 0 bridgehead atoms. The molecule has 20 heavy (non-hydrogen) atoms. The van der Waals surface area contributed by atoms with Crippen molar-refractivity contribution in [2.24, 2.45) is 0 Å². The number of anilines is 2. The largest absolute Gasteiger partial charge is 0.399 e. The third kappa shape index (κ3) is 4.40. The SMILES string of the molecule is CCCN(CCS(=O)(=O)C(C)(C)C)c1cccc(N)c1. The average molecular weight is 298 g/mol. The zero-order valence-corrected chi connectivity index (χ0v) is 13.7. The molecule has 0 unspecified atom stereocenters. The van der Waals surface area contributed by atoms with Crippen LogP contribution < -0.4 is 10.6 Å². The molecule has 0 aromatic heterocycles. The van der Waals surface area contributed by atoms with E-state index in [1.807, 2.05) is 24.3 Å². The highest BCUT2D eigenvalue weighted by atomic mass is 32.2. The van der Waals surface area contributed by atoms with Gasteiger partial charge in [0.1, 0.15) is 0 Å². The van der Waals surface area contributed by atoms with Gasteiger partial charge in [0.15, 0.2) is 9.84 Å². The van der Waals surface area contributed by atoms with E-state index in [1.165, 1.54) is 0 Å². The van der Waals surface area contributed by atoms with Gasteiger partial charge in [0.05, 0.1) is 10.5 Å². The van der Waals surface area contributed by atoms with E-state index >= 15 is 0 Å². The normalized spacial score (nSPS) is 12.4. The van der Waals surface area contributed by atoms with E-state index in [4.69, 9.17) is 5.73 Å². The van der Waals surface area contributed by atoms with E-state index in [9.17, 15) is 8.42 Å². The standard InChI is InChI=1S/C15H26N2O2S/c1-5-9-17(14-8-6-7-13(16)12-14)10-11-20(18,19)15(2,3)4/h6-8,12H,5,9-11,16H2,1-4H3. The zero-order chi connectivity index (χ0) is 15.4. The summed E-state index contributed by atoms with van der Waals surface area (Å²) in [6.45, 7) is 8.63. The summed E-state index contributed by atoms with van der Waals surface area (Å²) < 4.78 is 23.7. The molecule has 1 aromatic carbocycles. The Hall–Kier alpha value is -1.23. The predicted molar refractivity (Wildman–Crippen MR) is 86.9 cm³/mol. The molecule has 0 radical (unpaired) electrons. The fourth-order valence-corrected chi connectivity index (χ4v) is 2.97. The molecule has 0 heterocycles. The molecule has 0 amide bonds. The molecule has 0 aliphatic heterocycles. The second kappa shape index (κ2) is 6.48. The molecule has 2 N–H and O–H groups in total. The third-order valence-electron chi connectivity index (χ3n) is 3.29. The first-order valence-electron chi connectivity index (χ1n) is 7.00. The summed E-state index contributed by atoms with van der Waals surface area (Å²) in [7, 11) is -3.10. The first-order valence-corrected chi connectivity index (χ1v) is 8.65. The minimum Gasteiger partial charge on any atom is -0.399 e. The van der Waals surface area contributed by atoms with Gasteiger partial charge in [0.25, 0.3) is 0 Å². The molecule has 0 aliphatic carbocycles. The number of nitrogens with two attached hydrogens (primary N) is 1. The Kier molecular flexibility index (Phi) is 5.45. The van der Waals surface area contributed by atoms with Crippen LogP contribution >= 0.6 is 0 Å². The van der Waals surface area contributed by atoms with Gasteiger partial charge in [-0.1, -0.05) is 13.0 Å². The van der Waals surface area contributed by atoms with Crippen LogP contribution in [0.15, 0.2) is 24.3 Å². The van der Waals surface area contributed by atoms with Crippen LogP contribution in [0.4, 0.5) is 11.4 Å². The smallest absolute Gasteiger partial charge is 0.156 e. The van der Waals surface area contributed by atoms with Gasteiger partial charge in [-0.05, 0) is 45.4 Å². The van der Waals surface area contributed by atoms with E-state index in [1.54, 1.807) is 20.8 Å². The molecule has 0 fully saturated rings. The van der Waals surface area contributed by atoms with Crippen molar-refractivity contribution in [2.45, 2.75) is 38.9 Å². The lowest BCUT2D eigenvalue weighted by Crippen LogP contribution is -2.37. The number of sulfone groups is 1. The monoisotopic (exact) mass is 298 g/mol. The lowest BCUT2D eigenvalue weighted by molar-refractivity contribution is 0.558. The number of benzene rings is 1. The molecule has 0 saturated carbocycles. The topological polar surface area (TPSA) is 63.4 Å². The van der Waals surface area contributed by atoms with E-state index in [0.29, 0.717) is 12.2 Å². The van der Waals surface area contributed by atoms with Crippen LogP contribution in [0.1, 0.15) is 34.1 Å². The molecule has 0 atom stereocenters. The number of nitrogens with zero attached hydrogens (tertiary/aromatic N) is 1. The van der Waals surface area contributed by atoms with Gasteiger partial charge in [0.2, 0.25) is 0 Å². The van der Waals surface area contributed by atoms with Gasteiger partial charge < -0.3 is 10.6 Å². The Bertz CT molecular complexity index is 533. The number of hydrogen-bond acceptors (Lipinski definition) is 4. The van der Waals surface area contributed by atoms with Gasteiger partial charge >= 0.3 is 0 Å². The van der Waals surface area contributed by atoms with Crippen molar-refractivity contribution in [3.05, 3.63) is 24.3 Å². The summed E-state index contributed by atoms with van der Waals surface area (Å²) in [6.07, 6.45) is 0.963. The number of rotatable bonds is 6. The predicted octanol–water partition coefficient (Wildman–Crippen LogP) is 2.70. The summed E-state index contributed by atoms with van der Waals surface area (Å²) in [5.41, 5.74) is 7.48. The summed E-state index contributed by atoms with van der Waals surface area (Å²) in [5, 5.41) is 0. The summed E-state index contributed by atoms with van der Waals surface area (Å²) >= 11 is 0. The first-order chi connectivity index (χ1) is 9.17. The molecule has 5 heteroatoms. The highest BCUT2D eigenvalue weighted by Crippen LogP contribution is 2.20. The van der Waals surface area contributed by atoms with Crippen molar-refractivity contribution in [1.82, 2.24) is 0 Å². The average Bonchev–Trinajstić information content (AvgIpc) is 2.33. The molecular formula is C15H26N2O2S. The molecular weight excluding hydrogens is 272 g/mol. The molecule has 1 aromatic rings. The van der Waals surface area contributed by atoms with Gasteiger partial charge in [-0.2, -0.15) is 0 Å². The van der Waals surface area contributed by atoms with Crippen LogP contribution in [0.25, 0.3) is 0 Å². The Balaban J connectivity index is 2.84. The highest BCUT2D eigenvalue weighted by molar-refractivity contribution is 7.92. The lowest BCUT2D eigenvalue weighted by Gasteiger charge is -2.27. The quantitative estimate of drug-likeness (QED) is 0.820. The molecule has 0 spiro atoms. The molecule has 0 saturated heterocycles. The number of nitrogen functional groups attached to an aromatic ring is 1. The molecule has 1 rings (SSSR count). The van der Waals surface area contributed by atoms with Crippen molar-refractivity contribution < 1.29 is 8.42 Å². The van der Waals surface area contributed by atoms with Crippen molar-refractivity contribution in [2.75, 3.05) is 29.5 Å². The van der Waals surface area contributed by atoms with Gasteiger partial charge in [-0.15, -0.1) is 0 Å². The van der Waals surface area contributed by atoms with Crippen molar-refractivity contribution in [3.63, 3.8) is 0 Å². The first kappa shape index (κ1) is 16.8. The second-order valence-corrected chi connectivity index (χ2v) is 8.88. The van der Waals surface area contributed by atoms with E-state index < -0.39 is 14.6 Å². The van der Waals surface area contributed by atoms with Gasteiger partial charge in [-0.25, -0.2) is 8.42 Å². The fraction of sp³-hybridized carbons (Fsp3) is 0.600. The molecule has 114 valence electrons. The van der Waals surface area contributed by atoms with Crippen molar-refractivity contribution >= 4 is 21.2 Å². The summed E-state index contributed by atoms with van der Waals surface area (Å²) in [4.78, 5) is 2.08. The van der Waals surface area contributed by atoms with Gasteiger partial charge in [-0.3, -0.25) is 0 Å².